The molecular formula is C19H25N5O2. The maximum Gasteiger partial charge on any atom is 0.228 e. The van der Waals surface area contributed by atoms with E-state index in [2.05, 4.69) is 27.6 Å². The summed E-state index contributed by atoms with van der Waals surface area (Å²) in [6.07, 6.45) is 3.36. The highest BCUT2D eigenvalue weighted by Crippen LogP contribution is 2.28. The van der Waals surface area contributed by atoms with E-state index in [0.717, 1.165) is 31.6 Å². The molecule has 0 aliphatic carbocycles. The molecule has 4 N–H and O–H groups in total. The van der Waals surface area contributed by atoms with E-state index in [-0.39, 0.29) is 11.8 Å². The summed E-state index contributed by atoms with van der Waals surface area (Å²) < 4.78 is 5.83. The molecule has 7 heteroatoms. The molecule has 2 heterocycles. The minimum absolute atomic E-state index is 0.0189. The van der Waals surface area contributed by atoms with Gasteiger partial charge in [-0.05, 0) is 51.2 Å². The van der Waals surface area contributed by atoms with Crippen LogP contribution in [0, 0.1) is 5.92 Å². The summed E-state index contributed by atoms with van der Waals surface area (Å²) in [5.74, 6) is 1.76. The maximum absolute atomic E-state index is 12.4. The number of aromatic nitrogens is 1. The first-order valence-corrected chi connectivity index (χ1v) is 8.76. The van der Waals surface area contributed by atoms with E-state index >= 15 is 0 Å². The van der Waals surface area contributed by atoms with Gasteiger partial charge in [-0.25, -0.2) is 4.98 Å². The molecule has 3 rings (SSSR count). The number of amides is 1. The average molecular weight is 355 g/mol. The van der Waals surface area contributed by atoms with Crippen molar-refractivity contribution in [2.75, 3.05) is 43.6 Å². The monoisotopic (exact) mass is 355 g/mol. The lowest BCUT2D eigenvalue weighted by Crippen LogP contribution is -2.36. The Morgan fingerprint density at radius 1 is 1.23 bits per heavy atom. The van der Waals surface area contributed by atoms with Crippen molar-refractivity contribution in [3.05, 3.63) is 36.5 Å². The molecule has 1 saturated heterocycles. The summed E-state index contributed by atoms with van der Waals surface area (Å²) in [6.45, 7) is 1.89. The summed E-state index contributed by atoms with van der Waals surface area (Å²) in [4.78, 5) is 18.9. The van der Waals surface area contributed by atoms with Crippen molar-refractivity contribution in [2.24, 2.45) is 5.92 Å². The highest BCUT2D eigenvalue weighted by Gasteiger charge is 2.23. The van der Waals surface area contributed by atoms with Crippen molar-refractivity contribution >= 4 is 23.1 Å². The molecule has 2 aromatic rings. The second kappa shape index (κ2) is 8.05. The Hall–Kier alpha value is -2.80. The number of ether oxygens (including phenoxy) is 1. The maximum atomic E-state index is 12.4. The fourth-order valence-corrected chi connectivity index (χ4v) is 3.01. The number of carbonyl (C=O) groups excluding carboxylic acids is 1. The van der Waals surface area contributed by atoms with Gasteiger partial charge < -0.3 is 26.0 Å². The van der Waals surface area contributed by atoms with Gasteiger partial charge >= 0.3 is 0 Å². The average Bonchev–Trinajstić information content (AvgIpc) is 2.63. The van der Waals surface area contributed by atoms with Gasteiger partial charge in [0.05, 0.1) is 11.4 Å². The molecule has 1 aliphatic rings. The number of carbonyl (C=O) groups is 1. The molecule has 7 nitrogen and oxygen atoms in total. The van der Waals surface area contributed by atoms with Crippen molar-refractivity contribution in [1.29, 1.82) is 0 Å². The Morgan fingerprint density at radius 2 is 1.96 bits per heavy atom. The van der Waals surface area contributed by atoms with Crippen LogP contribution in [0.15, 0.2) is 36.5 Å². The molecule has 1 aromatic heterocycles. The van der Waals surface area contributed by atoms with E-state index in [4.69, 9.17) is 10.5 Å². The van der Waals surface area contributed by atoms with Crippen LogP contribution in [0.1, 0.15) is 12.8 Å². The topological polar surface area (TPSA) is 92.5 Å². The van der Waals surface area contributed by atoms with E-state index in [1.54, 1.807) is 24.4 Å². The number of nitrogen functional groups attached to an aromatic ring is 1. The van der Waals surface area contributed by atoms with E-state index < -0.39 is 0 Å². The number of pyridine rings is 1. The third-order valence-electron chi connectivity index (χ3n) is 4.60. The SMILES string of the molecule is CNc1ccc(Oc2ccnc(NC(=O)C3CCN(C)CC3)c2)cc1N. The van der Waals surface area contributed by atoms with Crippen molar-refractivity contribution in [2.45, 2.75) is 12.8 Å². The van der Waals surface area contributed by atoms with Crippen molar-refractivity contribution in [3.63, 3.8) is 0 Å². The number of nitrogens with one attached hydrogen (secondary N) is 2. The fourth-order valence-electron chi connectivity index (χ4n) is 3.01. The molecule has 0 spiro atoms. The number of nitrogens with zero attached hydrogens (tertiary/aromatic N) is 2. The van der Waals surface area contributed by atoms with Crippen LogP contribution in [0.25, 0.3) is 0 Å². The van der Waals surface area contributed by atoms with Crippen LogP contribution in [0.5, 0.6) is 11.5 Å². The van der Waals surface area contributed by atoms with Crippen molar-refractivity contribution in [1.82, 2.24) is 9.88 Å². The summed E-state index contributed by atoms with van der Waals surface area (Å²) in [5, 5.41) is 5.91. The third-order valence-corrected chi connectivity index (χ3v) is 4.60. The smallest absolute Gasteiger partial charge is 0.228 e. The third kappa shape index (κ3) is 4.43. The predicted octanol–water partition coefficient (Wildman–Crippen LogP) is 2.78. The first-order valence-electron chi connectivity index (χ1n) is 8.76. The molecule has 1 aliphatic heterocycles. The van der Waals surface area contributed by atoms with Crippen LogP contribution in [0.2, 0.25) is 0 Å². The second-order valence-corrected chi connectivity index (χ2v) is 6.54. The highest BCUT2D eigenvalue weighted by atomic mass is 16.5. The molecule has 0 unspecified atom stereocenters. The molecule has 0 radical (unpaired) electrons. The van der Waals surface area contributed by atoms with Gasteiger partial charge in [0.15, 0.2) is 0 Å². The number of likely N-dealkylation sites (tertiary alicyclic amines) is 1. The van der Waals surface area contributed by atoms with Crippen LogP contribution >= 0.6 is 0 Å². The molecule has 0 bridgehead atoms. The van der Waals surface area contributed by atoms with Crippen LogP contribution < -0.4 is 21.1 Å². The lowest BCUT2D eigenvalue weighted by atomic mass is 9.96. The van der Waals surface area contributed by atoms with E-state index in [1.807, 2.05) is 19.2 Å². The molecular weight excluding hydrogens is 330 g/mol. The number of benzene rings is 1. The van der Waals surface area contributed by atoms with Crippen LogP contribution in [0.3, 0.4) is 0 Å². The van der Waals surface area contributed by atoms with Crippen LogP contribution in [0.4, 0.5) is 17.2 Å². The minimum atomic E-state index is 0.0189. The normalized spacial score (nSPS) is 15.5. The quantitative estimate of drug-likeness (QED) is 0.714. The van der Waals surface area contributed by atoms with Gasteiger partial charge in [0, 0.05) is 31.3 Å². The van der Waals surface area contributed by atoms with Gasteiger partial charge in [0.2, 0.25) is 5.91 Å². The Labute approximate surface area is 153 Å². The molecule has 1 aromatic carbocycles. The Morgan fingerprint density at radius 3 is 2.65 bits per heavy atom. The number of hydrogen-bond donors (Lipinski definition) is 3. The first-order chi connectivity index (χ1) is 12.5. The summed E-state index contributed by atoms with van der Waals surface area (Å²) in [6, 6.07) is 8.90. The summed E-state index contributed by atoms with van der Waals surface area (Å²) in [5.41, 5.74) is 7.41. The standard InChI is InChI=1S/C19H25N5O2/c1-21-17-4-3-14(11-16(17)20)26-15-5-8-22-18(12-15)23-19(25)13-6-9-24(2)10-7-13/h3-5,8,11-13,21H,6-7,9-10,20H2,1-2H3,(H,22,23,25). The second-order valence-electron chi connectivity index (χ2n) is 6.54. The number of piperidine rings is 1. The summed E-state index contributed by atoms with van der Waals surface area (Å²) >= 11 is 0. The highest BCUT2D eigenvalue weighted by molar-refractivity contribution is 5.91. The summed E-state index contributed by atoms with van der Waals surface area (Å²) in [7, 11) is 3.89. The number of hydrogen-bond acceptors (Lipinski definition) is 6. The zero-order valence-electron chi connectivity index (χ0n) is 15.2. The molecule has 1 amide bonds. The Bertz CT molecular complexity index is 772. The Balaban J connectivity index is 1.64. The number of nitrogens with two attached hydrogens (primary N) is 1. The Kier molecular flexibility index (Phi) is 5.58. The van der Waals surface area contributed by atoms with Gasteiger partial charge in [-0.3, -0.25) is 4.79 Å². The van der Waals surface area contributed by atoms with Gasteiger partial charge in [0.1, 0.15) is 17.3 Å². The van der Waals surface area contributed by atoms with Gasteiger partial charge in [-0.15, -0.1) is 0 Å². The van der Waals surface area contributed by atoms with Gasteiger partial charge in [-0.2, -0.15) is 0 Å². The fraction of sp³-hybridized carbons (Fsp3) is 0.368. The van der Waals surface area contributed by atoms with E-state index in [1.165, 1.54) is 0 Å². The van der Waals surface area contributed by atoms with Crippen LogP contribution in [-0.2, 0) is 4.79 Å². The van der Waals surface area contributed by atoms with Gasteiger partial charge in [-0.1, -0.05) is 0 Å². The number of anilines is 3. The molecule has 26 heavy (non-hydrogen) atoms. The van der Waals surface area contributed by atoms with E-state index in [9.17, 15) is 4.79 Å². The molecule has 1 fully saturated rings. The van der Waals surface area contributed by atoms with Crippen molar-refractivity contribution in [3.8, 4) is 11.5 Å². The zero-order chi connectivity index (χ0) is 18.5. The minimum Gasteiger partial charge on any atom is -0.457 e. The van der Waals surface area contributed by atoms with E-state index in [0.29, 0.717) is 23.0 Å². The lowest BCUT2D eigenvalue weighted by Gasteiger charge is -2.27. The zero-order valence-corrected chi connectivity index (χ0v) is 15.2. The molecule has 0 saturated carbocycles. The molecule has 0 atom stereocenters. The largest absolute Gasteiger partial charge is 0.457 e. The number of rotatable bonds is 5. The van der Waals surface area contributed by atoms with Gasteiger partial charge in [0.25, 0.3) is 0 Å². The van der Waals surface area contributed by atoms with Crippen LogP contribution in [-0.4, -0.2) is 43.0 Å². The first kappa shape index (κ1) is 18.0. The molecule has 138 valence electrons. The lowest BCUT2D eigenvalue weighted by molar-refractivity contribution is -0.121. The predicted molar refractivity (Wildman–Crippen MR) is 104 cm³/mol. The van der Waals surface area contributed by atoms with Crippen molar-refractivity contribution < 1.29 is 9.53 Å².